The van der Waals surface area contributed by atoms with E-state index in [9.17, 15) is 0 Å². The maximum absolute atomic E-state index is 8.81. The molecule has 5 heteroatoms. The van der Waals surface area contributed by atoms with E-state index >= 15 is 0 Å². The van der Waals surface area contributed by atoms with E-state index in [1.807, 2.05) is 6.07 Å². The molecule has 96 valence electrons. The first-order valence-electron chi connectivity index (χ1n) is 6.04. The lowest BCUT2D eigenvalue weighted by Crippen LogP contribution is -2.47. The summed E-state index contributed by atoms with van der Waals surface area (Å²) in [5.41, 5.74) is 6.85. The molecule has 1 aliphatic heterocycles. The van der Waals surface area contributed by atoms with E-state index in [1.54, 1.807) is 19.4 Å². The second kappa shape index (κ2) is 4.83. The number of ether oxygens (including phenoxy) is 1. The average Bonchev–Trinajstić information content (AvgIpc) is 2.38. The Morgan fingerprint density at radius 1 is 1.61 bits per heavy atom. The first kappa shape index (κ1) is 12.7. The van der Waals surface area contributed by atoms with Crippen LogP contribution in [-0.4, -0.2) is 30.8 Å². The normalized spacial score (nSPS) is 23.7. The van der Waals surface area contributed by atoms with Gasteiger partial charge in [-0.3, -0.25) is 0 Å². The molecule has 2 heterocycles. The van der Waals surface area contributed by atoms with Crippen LogP contribution in [0, 0.1) is 11.3 Å². The van der Waals surface area contributed by atoms with E-state index in [-0.39, 0.29) is 5.60 Å². The molecule has 1 atom stereocenters. The van der Waals surface area contributed by atoms with Gasteiger partial charge in [0, 0.05) is 26.4 Å². The maximum Gasteiger partial charge on any atom is 0.151 e. The van der Waals surface area contributed by atoms with Gasteiger partial charge in [-0.1, -0.05) is 0 Å². The molecule has 1 fully saturated rings. The molecule has 1 saturated heterocycles. The van der Waals surface area contributed by atoms with E-state index < -0.39 is 0 Å². The van der Waals surface area contributed by atoms with E-state index in [1.165, 1.54) is 0 Å². The molecule has 0 radical (unpaired) electrons. The number of anilines is 2. The number of nitrogens with two attached hydrogens (primary N) is 1. The number of piperidine rings is 1. The second-order valence-electron chi connectivity index (χ2n) is 4.93. The van der Waals surface area contributed by atoms with Gasteiger partial charge in [0.05, 0.1) is 16.9 Å². The molecule has 0 saturated carbocycles. The number of nitrogens with zero attached hydrogens (tertiary/aromatic N) is 3. The van der Waals surface area contributed by atoms with Crippen molar-refractivity contribution in [2.24, 2.45) is 0 Å². The molecule has 2 rings (SSSR count). The summed E-state index contributed by atoms with van der Waals surface area (Å²) in [6, 6.07) is 3.71. The van der Waals surface area contributed by atoms with Crippen molar-refractivity contribution in [3.63, 3.8) is 0 Å². The molecule has 5 nitrogen and oxygen atoms in total. The highest BCUT2D eigenvalue weighted by atomic mass is 16.5. The van der Waals surface area contributed by atoms with Gasteiger partial charge in [0.1, 0.15) is 6.07 Å². The van der Waals surface area contributed by atoms with Crippen molar-refractivity contribution >= 4 is 11.5 Å². The number of nitrogen functional groups attached to an aromatic ring is 1. The third kappa shape index (κ3) is 2.39. The zero-order valence-corrected chi connectivity index (χ0v) is 10.8. The fraction of sp³-hybridized carbons (Fsp3) is 0.538. The van der Waals surface area contributed by atoms with Crippen molar-refractivity contribution in [2.45, 2.75) is 25.4 Å². The Morgan fingerprint density at radius 2 is 2.39 bits per heavy atom. The summed E-state index contributed by atoms with van der Waals surface area (Å²) < 4.78 is 5.55. The smallest absolute Gasteiger partial charge is 0.151 e. The van der Waals surface area contributed by atoms with Crippen LogP contribution in [-0.2, 0) is 4.74 Å². The lowest BCUT2D eigenvalue weighted by atomic mass is 9.94. The summed E-state index contributed by atoms with van der Waals surface area (Å²) in [4.78, 5) is 6.42. The highest BCUT2D eigenvalue weighted by molar-refractivity contribution is 5.64. The largest absolute Gasteiger partial charge is 0.396 e. The van der Waals surface area contributed by atoms with Crippen molar-refractivity contribution < 1.29 is 4.74 Å². The Balaban J connectivity index is 2.24. The van der Waals surface area contributed by atoms with Crippen molar-refractivity contribution in [3.05, 3.63) is 17.8 Å². The van der Waals surface area contributed by atoms with Gasteiger partial charge in [-0.2, -0.15) is 5.26 Å². The molecule has 0 amide bonds. The lowest BCUT2D eigenvalue weighted by Gasteiger charge is -2.40. The highest BCUT2D eigenvalue weighted by Crippen LogP contribution is 2.29. The standard InChI is InChI=1S/C13H18N4O/c1-13(18-2)4-3-5-17(9-13)12-11(15)6-10(7-14)8-16-12/h6,8H,3-5,9,15H2,1-2H3. The van der Waals surface area contributed by atoms with Gasteiger partial charge in [-0.15, -0.1) is 0 Å². The number of aromatic nitrogens is 1. The van der Waals surface area contributed by atoms with Gasteiger partial charge in [0.2, 0.25) is 0 Å². The number of pyridine rings is 1. The third-order valence-corrected chi connectivity index (χ3v) is 3.48. The number of nitriles is 1. The first-order valence-corrected chi connectivity index (χ1v) is 6.04. The lowest BCUT2D eigenvalue weighted by molar-refractivity contribution is -0.00478. The SMILES string of the molecule is COC1(C)CCCN(c2ncc(C#N)cc2N)C1. The van der Waals surface area contributed by atoms with Crippen LogP contribution in [0.3, 0.4) is 0 Å². The maximum atomic E-state index is 8.81. The predicted octanol–water partition coefficient (Wildman–Crippen LogP) is 1.54. The van der Waals surface area contributed by atoms with Crippen molar-refractivity contribution in [3.8, 4) is 6.07 Å². The predicted molar refractivity (Wildman–Crippen MR) is 70.2 cm³/mol. The fourth-order valence-electron chi connectivity index (χ4n) is 2.35. The van der Waals surface area contributed by atoms with Gasteiger partial charge >= 0.3 is 0 Å². The molecular formula is C13H18N4O. The average molecular weight is 246 g/mol. The van der Waals surface area contributed by atoms with Crippen LogP contribution in [0.4, 0.5) is 11.5 Å². The van der Waals surface area contributed by atoms with Gasteiger partial charge in [-0.25, -0.2) is 4.98 Å². The van der Waals surface area contributed by atoms with Gasteiger partial charge in [-0.05, 0) is 25.8 Å². The molecule has 0 spiro atoms. The Kier molecular flexibility index (Phi) is 3.39. The van der Waals surface area contributed by atoms with E-state index in [2.05, 4.69) is 16.8 Å². The zero-order valence-electron chi connectivity index (χ0n) is 10.8. The second-order valence-corrected chi connectivity index (χ2v) is 4.93. The Bertz CT molecular complexity index is 482. The summed E-state index contributed by atoms with van der Waals surface area (Å²) in [7, 11) is 1.74. The minimum absolute atomic E-state index is 0.153. The summed E-state index contributed by atoms with van der Waals surface area (Å²) >= 11 is 0. The Hall–Kier alpha value is -1.80. The minimum Gasteiger partial charge on any atom is -0.396 e. The molecule has 1 aliphatic rings. The topological polar surface area (TPSA) is 75.2 Å². The summed E-state index contributed by atoms with van der Waals surface area (Å²) in [5.74, 6) is 0.747. The summed E-state index contributed by atoms with van der Waals surface area (Å²) in [6.45, 7) is 3.79. The quantitative estimate of drug-likeness (QED) is 0.856. The van der Waals surface area contributed by atoms with Crippen molar-refractivity contribution in [1.82, 2.24) is 4.98 Å². The van der Waals surface area contributed by atoms with Gasteiger partial charge in [0.15, 0.2) is 5.82 Å². The minimum atomic E-state index is -0.153. The van der Waals surface area contributed by atoms with Gasteiger partial charge < -0.3 is 15.4 Å². The molecule has 1 aromatic heterocycles. The fourth-order valence-corrected chi connectivity index (χ4v) is 2.35. The summed E-state index contributed by atoms with van der Waals surface area (Å²) in [5, 5.41) is 8.81. The number of rotatable bonds is 2. The van der Waals surface area contributed by atoms with Crippen LogP contribution >= 0.6 is 0 Å². The molecular weight excluding hydrogens is 228 g/mol. The number of methoxy groups -OCH3 is 1. The van der Waals surface area contributed by atoms with E-state index in [0.717, 1.165) is 31.7 Å². The molecule has 0 aliphatic carbocycles. The van der Waals surface area contributed by atoms with Crippen LogP contribution in [0.2, 0.25) is 0 Å². The summed E-state index contributed by atoms with van der Waals surface area (Å²) in [6.07, 6.45) is 3.64. The monoisotopic (exact) mass is 246 g/mol. The molecule has 1 unspecified atom stereocenters. The highest BCUT2D eigenvalue weighted by Gasteiger charge is 2.31. The van der Waals surface area contributed by atoms with E-state index in [4.69, 9.17) is 15.7 Å². The van der Waals surface area contributed by atoms with Crippen LogP contribution in [0.15, 0.2) is 12.3 Å². The first-order chi connectivity index (χ1) is 8.58. The molecule has 2 N–H and O–H groups in total. The van der Waals surface area contributed by atoms with Gasteiger partial charge in [0.25, 0.3) is 0 Å². The van der Waals surface area contributed by atoms with Crippen molar-refractivity contribution in [1.29, 1.82) is 5.26 Å². The molecule has 1 aromatic rings. The number of hydrogen-bond acceptors (Lipinski definition) is 5. The zero-order chi connectivity index (χ0) is 13.2. The third-order valence-electron chi connectivity index (χ3n) is 3.48. The molecule has 0 aromatic carbocycles. The van der Waals surface area contributed by atoms with Crippen molar-refractivity contribution in [2.75, 3.05) is 30.8 Å². The van der Waals surface area contributed by atoms with Crippen LogP contribution in [0.1, 0.15) is 25.3 Å². The molecule has 18 heavy (non-hydrogen) atoms. The van der Waals surface area contributed by atoms with E-state index in [0.29, 0.717) is 11.3 Å². The number of hydrogen-bond donors (Lipinski definition) is 1. The Morgan fingerprint density at radius 3 is 3.00 bits per heavy atom. The van der Waals surface area contributed by atoms with Crippen LogP contribution in [0.25, 0.3) is 0 Å². The Labute approximate surface area is 107 Å². The van der Waals surface area contributed by atoms with Crippen LogP contribution < -0.4 is 10.6 Å². The van der Waals surface area contributed by atoms with Crippen LogP contribution in [0.5, 0.6) is 0 Å². The molecule has 0 bridgehead atoms.